The summed E-state index contributed by atoms with van der Waals surface area (Å²) < 4.78 is 12.7. The van der Waals surface area contributed by atoms with Crippen molar-refractivity contribution in [3.8, 4) is 0 Å². The smallest absolute Gasteiger partial charge is 0.275 e. The molecule has 0 radical (unpaired) electrons. The third-order valence-corrected chi connectivity index (χ3v) is 5.26. The Balaban J connectivity index is 1.56. The maximum absolute atomic E-state index is 12.0. The molecule has 0 saturated carbocycles. The van der Waals surface area contributed by atoms with Crippen molar-refractivity contribution in [2.45, 2.75) is 19.9 Å². The first-order valence-corrected chi connectivity index (χ1v) is 9.41. The van der Waals surface area contributed by atoms with E-state index in [1.165, 1.54) is 21.9 Å². The van der Waals surface area contributed by atoms with E-state index >= 15 is 0 Å². The van der Waals surface area contributed by atoms with Crippen LogP contribution in [0.4, 0.5) is 5.13 Å². The molecule has 138 valence electrons. The molecule has 1 saturated heterocycles. The normalized spacial score (nSPS) is 16.8. The number of nitrogens with one attached hydrogen (secondary N) is 1. The largest absolute Gasteiger partial charge is 0.465 e. The van der Waals surface area contributed by atoms with Gasteiger partial charge in [0.05, 0.1) is 19.3 Å². The minimum atomic E-state index is -0.164. The Bertz CT molecular complexity index is 957. The Morgan fingerprint density at radius 3 is 2.85 bits per heavy atom. The lowest BCUT2D eigenvalue weighted by atomic mass is 10.1. The van der Waals surface area contributed by atoms with Crippen LogP contribution in [0.2, 0.25) is 0 Å². The molecule has 1 aliphatic heterocycles. The molecule has 1 fully saturated rings. The highest BCUT2D eigenvalue weighted by atomic mass is 32.1. The fourth-order valence-corrected chi connectivity index (χ4v) is 3.96. The Morgan fingerprint density at radius 1 is 1.31 bits per heavy atom. The monoisotopic (exact) mass is 375 g/mol. The second kappa shape index (κ2) is 7.18. The molecule has 0 aliphatic carbocycles. The molecule has 4 heterocycles. The zero-order valence-corrected chi connectivity index (χ0v) is 15.6. The van der Waals surface area contributed by atoms with Crippen LogP contribution in [0.25, 0.3) is 4.96 Å². The number of hydrogen-bond acceptors (Lipinski definition) is 8. The van der Waals surface area contributed by atoms with E-state index in [0.717, 1.165) is 37.8 Å². The van der Waals surface area contributed by atoms with Crippen molar-refractivity contribution in [3.05, 3.63) is 45.8 Å². The van der Waals surface area contributed by atoms with Crippen LogP contribution >= 0.6 is 11.3 Å². The standard InChI is InChI=1S/C17H21N5O3S/c1-11-9-15(23)22-17(19-11)26-16(20-22)18-10-13(14-4-3-12(2)25-14)21-5-7-24-8-6-21/h3-4,9,13H,5-8,10H2,1-2H3,(H,18,20). The number of rotatable bonds is 5. The van der Waals surface area contributed by atoms with Crippen molar-refractivity contribution in [3.63, 3.8) is 0 Å². The minimum Gasteiger partial charge on any atom is -0.465 e. The lowest BCUT2D eigenvalue weighted by molar-refractivity contribution is 0.0143. The summed E-state index contributed by atoms with van der Waals surface area (Å²) in [5, 5.41) is 8.36. The Morgan fingerprint density at radius 2 is 2.12 bits per heavy atom. The first kappa shape index (κ1) is 17.2. The maximum atomic E-state index is 12.0. The van der Waals surface area contributed by atoms with Crippen LogP contribution in [0.3, 0.4) is 0 Å². The molecular weight excluding hydrogens is 354 g/mol. The Hall–Kier alpha value is -2.23. The molecular formula is C17H21N5O3S. The van der Waals surface area contributed by atoms with Crippen molar-refractivity contribution in [2.75, 3.05) is 38.2 Å². The minimum absolute atomic E-state index is 0.0750. The molecule has 3 aromatic rings. The van der Waals surface area contributed by atoms with E-state index in [-0.39, 0.29) is 11.6 Å². The van der Waals surface area contributed by atoms with Gasteiger partial charge in [-0.05, 0) is 26.0 Å². The molecule has 0 bridgehead atoms. The zero-order chi connectivity index (χ0) is 18.1. The molecule has 26 heavy (non-hydrogen) atoms. The van der Waals surface area contributed by atoms with Crippen LogP contribution in [0, 0.1) is 13.8 Å². The van der Waals surface area contributed by atoms with E-state index in [4.69, 9.17) is 9.15 Å². The molecule has 1 unspecified atom stereocenters. The predicted molar refractivity (Wildman–Crippen MR) is 98.9 cm³/mol. The van der Waals surface area contributed by atoms with Crippen molar-refractivity contribution < 1.29 is 9.15 Å². The first-order chi connectivity index (χ1) is 12.6. The third-order valence-electron chi connectivity index (χ3n) is 4.40. The van der Waals surface area contributed by atoms with Crippen molar-refractivity contribution in [1.29, 1.82) is 0 Å². The molecule has 4 rings (SSSR count). The number of morpholine rings is 1. The van der Waals surface area contributed by atoms with Crippen molar-refractivity contribution in [1.82, 2.24) is 19.5 Å². The van der Waals surface area contributed by atoms with Gasteiger partial charge >= 0.3 is 0 Å². The fourth-order valence-electron chi connectivity index (χ4n) is 3.11. The van der Waals surface area contributed by atoms with Gasteiger partial charge in [0, 0.05) is 31.4 Å². The van der Waals surface area contributed by atoms with Gasteiger partial charge < -0.3 is 14.5 Å². The summed E-state index contributed by atoms with van der Waals surface area (Å²) in [4.78, 5) is 19.3. The van der Waals surface area contributed by atoms with Crippen LogP contribution in [-0.2, 0) is 4.74 Å². The lowest BCUT2D eigenvalue weighted by Crippen LogP contribution is -2.41. The van der Waals surface area contributed by atoms with E-state index in [2.05, 4.69) is 20.3 Å². The summed E-state index contributed by atoms with van der Waals surface area (Å²) in [6.07, 6.45) is 0. The Kier molecular flexibility index (Phi) is 4.75. The molecule has 0 amide bonds. The van der Waals surface area contributed by atoms with Gasteiger partial charge in [-0.25, -0.2) is 4.98 Å². The van der Waals surface area contributed by atoms with Crippen LogP contribution in [0.15, 0.2) is 27.4 Å². The zero-order valence-electron chi connectivity index (χ0n) is 14.8. The van der Waals surface area contributed by atoms with E-state index in [9.17, 15) is 4.79 Å². The van der Waals surface area contributed by atoms with Gasteiger partial charge in [-0.3, -0.25) is 9.69 Å². The SMILES string of the molecule is Cc1cc(=O)n2nc(NCC(c3ccc(C)o3)N3CCOCC3)sc2n1. The Labute approximate surface area is 154 Å². The topological polar surface area (TPSA) is 84.9 Å². The number of nitrogens with zero attached hydrogens (tertiary/aromatic N) is 4. The van der Waals surface area contributed by atoms with Crippen molar-refractivity contribution >= 4 is 21.4 Å². The summed E-state index contributed by atoms with van der Waals surface area (Å²) in [7, 11) is 0. The van der Waals surface area contributed by atoms with E-state index in [1.54, 1.807) is 0 Å². The average Bonchev–Trinajstić information content (AvgIpc) is 3.22. The third kappa shape index (κ3) is 3.50. The van der Waals surface area contributed by atoms with Crippen LogP contribution < -0.4 is 10.9 Å². The van der Waals surface area contributed by atoms with E-state index < -0.39 is 0 Å². The molecule has 8 nitrogen and oxygen atoms in total. The van der Waals surface area contributed by atoms with Crippen molar-refractivity contribution in [2.24, 2.45) is 0 Å². The highest BCUT2D eigenvalue weighted by Crippen LogP contribution is 2.25. The highest BCUT2D eigenvalue weighted by molar-refractivity contribution is 7.20. The fraction of sp³-hybridized carbons (Fsp3) is 0.471. The number of aromatic nitrogens is 3. The van der Waals surface area contributed by atoms with Gasteiger partial charge in [-0.1, -0.05) is 11.3 Å². The summed E-state index contributed by atoms with van der Waals surface area (Å²) >= 11 is 1.37. The van der Waals surface area contributed by atoms with Gasteiger partial charge in [0.15, 0.2) is 0 Å². The molecule has 1 atom stereocenters. The molecule has 1 aliphatic rings. The molecule has 0 spiro atoms. The van der Waals surface area contributed by atoms with Gasteiger partial charge in [0.25, 0.3) is 5.56 Å². The van der Waals surface area contributed by atoms with Crippen LogP contribution in [0.5, 0.6) is 0 Å². The molecule has 1 N–H and O–H groups in total. The highest BCUT2D eigenvalue weighted by Gasteiger charge is 2.25. The predicted octanol–water partition coefficient (Wildman–Crippen LogP) is 1.85. The summed E-state index contributed by atoms with van der Waals surface area (Å²) in [6, 6.07) is 5.56. The molecule has 3 aromatic heterocycles. The van der Waals surface area contributed by atoms with E-state index in [1.807, 2.05) is 26.0 Å². The number of fused-ring (bicyclic) bond motifs is 1. The van der Waals surface area contributed by atoms with Gasteiger partial charge in [-0.2, -0.15) is 4.52 Å². The van der Waals surface area contributed by atoms with Crippen LogP contribution in [0.1, 0.15) is 23.3 Å². The summed E-state index contributed by atoms with van der Waals surface area (Å²) in [5.41, 5.74) is 0.533. The molecule has 9 heteroatoms. The molecule has 0 aromatic carbocycles. The number of anilines is 1. The number of aryl methyl sites for hydroxylation is 2. The van der Waals surface area contributed by atoms with Gasteiger partial charge in [-0.15, -0.1) is 5.10 Å². The average molecular weight is 375 g/mol. The number of ether oxygens (including phenoxy) is 1. The van der Waals surface area contributed by atoms with Gasteiger partial charge in [0.2, 0.25) is 10.1 Å². The van der Waals surface area contributed by atoms with Gasteiger partial charge in [0.1, 0.15) is 11.5 Å². The number of hydrogen-bond donors (Lipinski definition) is 1. The maximum Gasteiger partial charge on any atom is 0.275 e. The second-order valence-corrected chi connectivity index (χ2v) is 7.29. The quantitative estimate of drug-likeness (QED) is 0.728. The first-order valence-electron chi connectivity index (χ1n) is 8.60. The second-order valence-electron chi connectivity index (χ2n) is 6.33. The lowest BCUT2D eigenvalue weighted by Gasteiger charge is -2.33. The summed E-state index contributed by atoms with van der Waals surface area (Å²) in [5.74, 6) is 1.81. The summed E-state index contributed by atoms with van der Waals surface area (Å²) in [6.45, 7) is 7.52. The number of furan rings is 1. The van der Waals surface area contributed by atoms with E-state index in [0.29, 0.717) is 22.3 Å². The van der Waals surface area contributed by atoms with Crippen LogP contribution in [-0.4, -0.2) is 52.3 Å².